The summed E-state index contributed by atoms with van der Waals surface area (Å²) in [6.07, 6.45) is 2.42. The van der Waals surface area contributed by atoms with E-state index in [2.05, 4.69) is 9.55 Å². The second kappa shape index (κ2) is 5.55. The van der Waals surface area contributed by atoms with Gasteiger partial charge in [0.1, 0.15) is 5.82 Å². The maximum Gasteiger partial charge on any atom is 0.127 e. The van der Waals surface area contributed by atoms with Crippen molar-refractivity contribution in [3.63, 3.8) is 0 Å². The van der Waals surface area contributed by atoms with E-state index in [0.29, 0.717) is 17.2 Å². The van der Waals surface area contributed by atoms with Crippen LogP contribution in [0.2, 0.25) is 5.02 Å². The van der Waals surface area contributed by atoms with Crippen LogP contribution in [0.1, 0.15) is 43.9 Å². The van der Waals surface area contributed by atoms with Crippen molar-refractivity contribution < 1.29 is 4.74 Å². The molecule has 3 nitrogen and oxygen atoms in total. The Morgan fingerprint density at radius 3 is 2.85 bits per heavy atom. The van der Waals surface area contributed by atoms with Gasteiger partial charge in [-0.3, -0.25) is 0 Å². The summed E-state index contributed by atoms with van der Waals surface area (Å²) in [5.74, 6) is 0.920. The van der Waals surface area contributed by atoms with Crippen molar-refractivity contribution in [1.82, 2.24) is 9.55 Å². The van der Waals surface area contributed by atoms with Crippen LogP contribution < -0.4 is 0 Å². The zero-order valence-electron chi connectivity index (χ0n) is 11.6. The second-order valence-corrected chi connectivity index (χ2v) is 6.38. The summed E-state index contributed by atoms with van der Waals surface area (Å²) >= 11 is 12.3. The highest BCUT2D eigenvalue weighted by Crippen LogP contribution is 2.40. The molecule has 5 heteroatoms. The van der Waals surface area contributed by atoms with E-state index in [4.69, 9.17) is 27.9 Å². The van der Waals surface area contributed by atoms with Gasteiger partial charge in [-0.25, -0.2) is 4.98 Å². The third kappa shape index (κ3) is 2.43. The predicted octanol–water partition coefficient (Wildman–Crippen LogP) is 4.73. The standard InChI is InChI=1S/C15H18Cl2N2O/c1-3-20-12-7-11(8-12)19-14-5-4-10(17)6-13(14)18-15(19)9(2)16/h4-6,9,11-12H,3,7-8H2,1-2H3. The van der Waals surface area contributed by atoms with Crippen LogP contribution in [0.15, 0.2) is 18.2 Å². The first kappa shape index (κ1) is 14.2. The molecule has 0 bridgehead atoms. The third-order valence-corrected chi connectivity index (χ3v) is 4.30. The van der Waals surface area contributed by atoms with E-state index in [-0.39, 0.29) is 5.38 Å². The van der Waals surface area contributed by atoms with E-state index in [1.54, 1.807) is 0 Å². The Morgan fingerprint density at radius 2 is 2.20 bits per heavy atom. The molecule has 1 fully saturated rings. The Balaban J connectivity index is 1.98. The fourth-order valence-corrected chi connectivity index (χ4v) is 3.20. The molecule has 108 valence electrons. The molecule has 1 aromatic heterocycles. The molecular weight excluding hydrogens is 295 g/mol. The summed E-state index contributed by atoms with van der Waals surface area (Å²) in [6, 6.07) is 6.26. The molecule has 3 rings (SSSR count). The molecule has 0 aliphatic heterocycles. The van der Waals surface area contributed by atoms with Crippen molar-refractivity contribution in [2.24, 2.45) is 0 Å². The van der Waals surface area contributed by atoms with Gasteiger partial charge in [-0.1, -0.05) is 11.6 Å². The number of aromatic nitrogens is 2. The Hall–Kier alpha value is -0.770. The molecule has 1 saturated carbocycles. The smallest absolute Gasteiger partial charge is 0.127 e. The van der Waals surface area contributed by atoms with Crippen molar-refractivity contribution in [1.29, 1.82) is 0 Å². The van der Waals surface area contributed by atoms with Gasteiger partial charge in [0.05, 0.1) is 22.5 Å². The first-order chi connectivity index (χ1) is 9.60. The number of nitrogens with zero attached hydrogens (tertiary/aromatic N) is 2. The molecule has 2 aromatic rings. The van der Waals surface area contributed by atoms with Crippen molar-refractivity contribution >= 4 is 34.2 Å². The van der Waals surface area contributed by atoms with Gasteiger partial charge in [-0.15, -0.1) is 11.6 Å². The number of benzene rings is 1. The van der Waals surface area contributed by atoms with Gasteiger partial charge >= 0.3 is 0 Å². The second-order valence-electron chi connectivity index (χ2n) is 5.29. The predicted molar refractivity (Wildman–Crippen MR) is 82.7 cm³/mol. The lowest BCUT2D eigenvalue weighted by atomic mass is 9.88. The Labute approximate surface area is 128 Å². The minimum Gasteiger partial charge on any atom is -0.378 e. The number of halogens is 2. The highest BCUT2D eigenvalue weighted by atomic mass is 35.5. The van der Waals surface area contributed by atoms with E-state index in [1.807, 2.05) is 32.0 Å². The van der Waals surface area contributed by atoms with Crippen LogP contribution in [-0.2, 0) is 4.74 Å². The van der Waals surface area contributed by atoms with Crippen LogP contribution in [0.25, 0.3) is 11.0 Å². The number of imidazole rings is 1. The van der Waals surface area contributed by atoms with E-state index in [9.17, 15) is 0 Å². The number of ether oxygens (including phenoxy) is 1. The lowest BCUT2D eigenvalue weighted by Crippen LogP contribution is -2.34. The van der Waals surface area contributed by atoms with Gasteiger partial charge in [0.15, 0.2) is 0 Å². The van der Waals surface area contributed by atoms with Crippen molar-refractivity contribution in [2.45, 2.75) is 44.2 Å². The first-order valence-electron chi connectivity index (χ1n) is 7.03. The molecule has 0 radical (unpaired) electrons. The monoisotopic (exact) mass is 312 g/mol. The maximum atomic E-state index is 6.29. The quantitative estimate of drug-likeness (QED) is 0.763. The average Bonchev–Trinajstić information content (AvgIpc) is 2.71. The summed E-state index contributed by atoms with van der Waals surface area (Å²) in [5.41, 5.74) is 2.02. The molecule has 1 aromatic carbocycles. The minimum atomic E-state index is -0.118. The molecular formula is C15H18Cl2N2O. The molecule has 0 N–H and O–H groups in total. The van der Waals surface area contributed by atoms with E-state index >= 15 is 0 Å². The number of rotatable bonds is 4. The van der Waals surface area contributed by atoms with E-state index in [0.717, 1.165) is 36.3 Å². The molecule has 0 spiro atoms. The van der Waals surface area contributed by atoms with Crippen molar-refractivity contribution in [3.8, 4) is 0 Å². The van der Waals surface area contributed by atoms with Crippen LogP contribution >= 0.6 is 23.2 Å². The largest absolute Gasteiger partial charge is 0.378 e. The highest BCUT2D eigenvalue weighted by Gasteiger charge is 2.34. The lowest BCUT2D eigenvalue weighted by Gasteiger charge is -2.37. The molecule has 1 heterocycles. The Morgan fingerprint density at radius 1 is 1.45 bits per heavy atom. The summed E-state index contributed by atoms with van der Waals surface area (Å²) in [4.78, 5) is 4.65. The van der Waals surface area contributed by atoms with Crippen molar-refractivity contribution in [2.75, 3.05) is 6.61 Å². The average molecular weight is 313 g/mol. The zero-order valence-corrected chi connectivity index (χ0v) is 13.2. The Bertz CT molecular complexity index is 618. The number of fused-ring (bicyclic) bond motifs is 1. The van der Waals surface area contributed by atoms with Crippen LogP contribution in [0.5, 0.6) is 0 Å². The van der Waals surface area contributed by atoms with Gasteiger partial charge in [0, 0.05) is 17.7 Å². The number of hydrogen-bond donors (Lipinski definition) is 0. The molecule has 1 aliphatic rings. The molecule has 1 unspecified atom stereocenters. The summed E-state index contributed by atoms with van der Waals surface area (Å²) < 4.78 is 7.91. The van der Waals surface area contributed by atoms with Crippen molar-refractivity contribution in [3.05, 3.63) is 29.0 Å². The summed E-state index contributed by atoms with van der Waals surface area (Å²) in [5, 5.41) is 0.587. The van der Waals surface area contributed by atoms with Gasteiger partial charge < -0.3 is 9.30 Å². The summed E-state index contributed by atoms with van der Waals surface area (Å²) in [6.45, 7) is 4.77. The zero-order chi connectivity index (χ0) is 14.3. The summed E-state index contributed by atoms with van der Waals surface area (Å²) in [7, 11) is 0. The van der Waals surface area contributed by atoms with E-state index in [1.165, 1.54) is 0 Å². The topological polar surface area (TPSA) is 27.1 Å². The van der Waals surface area contributed by atoms with Crippen LogP contribution in [0.4, 0.5) is 0 Å². The molecule has 1 aliphatic carbocycles. The number of hydrogen-bond acceptors (Lipinski definition) is 2. The van der Waals surface area contributed by atoms with E-state index < -0.39 is 0 Å². The first-order valence-corrected chi connectivity index (χ1v) is 7.84. The fraction of sp³-hybridized carbons (Fsp3) is 0.533. The minimum absolute atomic E-state index is 0.118. The highest BCUT2D eigenvalue weighted by molar-refractivity contribution is 6.31. The molecule has 0 saturated heterocycles. The van der Waals surface area contributed by atoms with Gasteiger partial charge in [-0.05, 0) is 44.9 Å². The normalized spacial score (nSPS) is 23.8. The van der Waals surface area contributed by atoms with Gasteiger partial charge in [-0.2, -0.15) is 0 Å². The number of alkyl halides is 1. The van der Waals surface area contributed by atoms with Crippen LogP contribution in [-0.4, -0.2) is 22.3 Å². The van der Waals surface area contributed by atoms with Crippen LogP contribution in [0.3, 0.4) is 0 Å². The maximum absolute atomic E-state index is 6.29. The lowest BCUT2D eigenvalue weighted by molar-refractivity contribution is -0.0193. The molecule has 0 amide bonds. The van der Waals surface area contributed by atoms with Gasteiger partial charge in [0.2, 0.25) is 0 Å². The van der Waals surface area contributed by atoms with Gasteiger partial charge in [0.25, 0.3) is 0 Å². The third-order valence-electron chi connectivity index (χ3n) is 3.87. The van der Waals surface area contributed by atoms with Crippen LogP contribution in [0, 0.1) is 0 Å². The SMILES string of the molecule is CCOC1CC(n2c(C(C)Cl)nc3cc(Cl)ccc32)C1. The Kier molecular flexibility index (Phi) is 3.93. The molecule has 1 atom stereocenters. The molecule has 20 heavy (non-hydrogen) atoms. The fourth-order valence-electron chi connectivity index (χ4n) is 2.88.